The highest BCUT2D eigenvalue weighted by Gasteiger charge is 2.56. The minimum Gasteiger partial charge on any atom is -0.507 e. The number of ketones is 3. The Hall–Kier alpha value is -4.40. The van der Waals surface area contributed by atoms with Crippen LogP contribution in [0.3, 0.4) is 0 Å². The highest BCUT2D eigenvalue weighted by molar-refractivity contribution is 6.31. The summed E-state index contributed by atoms with van der Waals surface area (Å²) in [5.74, 6) is -1.75. The number of nitrogens with zero attached hydrogens (tertiary/aromatic N) is 2. The molecule has 2 heterocycles. The van der Waals surface area contributed by atoms with Crippen molar-refractivity contribution < 1.29 is 29.3 Å². The molecule has 1 aromatic heterocycles. The van der Waals surface area contributed by atoms with E-state index in [4.69, 9.17) is 9.72 Å². The van der Waals surface area contributed by atoms with E-state index < -0.39 is 28.5 Å². The molecule has 1 aliphatic carbocycles. The lowest BCUT2D eigenvalue weighted by molar-refractivity contribution is -0.123. The van der Waals surface area contributed by atoms with Crippen LogP contribution in [0.1, 0.15) is 68.0 Å². The van der Waals surface area contributed by atoms with Crippen LogP contribution in [0.25, 0.3) is 11.0 Å². The largest absolute Gasteiger partial charge is 0.507 e. The van der Waals surface area contributed by atoms with Gasteiger partial charge in [-0.2, -0.15) is 0 Å². The van der Waals surface area contributed by atoms with Gasteiger partial charge < -0.3 is 24.8 Å². The number of hydrogen-bond donors (Lipinski definition) is 3. The molecule has 2 aromatic carbocycles. The van der Waals surface area contributed by atoms with Gasteiger partial charge in [-0.3, -0.25) is 14.4 Å². The van der Waals surface area contributed by atoms with Crippen molar-refractivity contribution in [2.75, 3.05) is 0 Å². The minimum absolute atomic E-state index is 0.00319. The number of allylic oxidation sites excluding steroid dienone is 4. The third-order valence-electron chi connectivity index (χ3n) is 7.46. The van der Waals surface area contributed by atoms with Gasteiger partial charge in [0, 0.05) is 23.4 Å². The molecular formula is C29H29N3O6. The molecule has 0 saturated heterocycles. The first-order chi connectivity index (χ1) is 17.9. The van der Waals surface area contributed by atoms with Crippen LogP contribution in [0.5, 0.6) is 17.2 Å². The molecule has 2 aliphatic rings. The Labute approximate surface area is 219 Å². The first-order valence-corrected chi connectivity index (χ1v) is 12.4. The van der Waals surface area contributed by atoms with Crippen molar-refractivity contribution >= 4 is 28.4 Å². The number of carbonyl (C=O) groups excluding carboxylic acids is 3. The molecule has 0 spiro atoms. The Morgan fingerprint density at radius 3 is 2.50 bits per heavy atom. The number of aromatic hydroxyl groups is 2. The maximum Gasteiger partial charge on any atom is 0.194 e. The number of hydrogen-bond acceptors (Lipinski definition) is 8. The summed E-state index contributed by atoms with van der Waals surface area (Å²) in [4.78, 5) is 44.2. The molecule has 196 valence electrons. The molecule has 0 saturated carbocycles. The van der Waals surface area contributed by atoms with Crippen LogP contribution in [-0.2, 0) is 21.5 Å². The van der Waals surface area contributed by atoms with E-state index in [0.717, 1.165) is 16.9 Å². The van der Waals surface area contributed by atoms with Crippen LogP contribution >= 0.6 is 0 Å². The van der Waals surface area contributed by atoms with Crippen molar-refractivity contribution in [2.24, 2.45) is 0 Å². The second kappa shape index (κ2) is 8.58. The summed E-state index contributed by atoms with van der Waals surface area (Å²) in [7, 11) is 0. The summed E-state index contributed by atoms with van der Waals surface area (Å²) in [6.07, 6.45) is 1.21. The molecule has 0 amide bonds. The van der Waals surface area contributed by atoms with Crippen molar-refractivity contribution in [3.63, 3.8) is 0 Å². The van der Waals surface area contributed by atoms with Gasteiger partial charge in [0.05, 0.1) is 28.7 Å². The fourth-order valence-electron chi connectivity index (χ4n) is 5.46. The molecular weight excluding hydrogens is 486 g/mol. The van der Waals surface area contributed by atoms with Gasteiger partial charge in [-0.15, -0.1) is 0 Å². The lowest BCUT2D eigenvalue weighted by Gasteiger charge is -2.29. The second-order valence-corrected chi connectivity index (χ2v) is 10.2. The van der Waals surface area contributed by atoms with Crippen LogP contribution < -0.4 is 10.1 Å². The summed E-state index contributed by atoms with van der Waals surface area (Å²) in [6.45, 7) is 10.3. The van der Waals surface area contributed by atoms with Gasteiger partial charge in [-0.1, -0.05) is 12.1 Å². The number of carbonyl (C=O) groups is 3. The van der Waals surface area contributed by atoms with Crippen LogP contribution in [0.4, 0.5) is 0 Å². The lowest BCUT2D eigenvalue weighted by Crippen LogP contribution is -2.41. The Balaban J connectivity index is 1.58. The molecule has 9 nitrogen and oxygen atoms in total. The number of imidazole rings is 1. The van der Waals surface area contributed by atoms with E-state index in [2.05, 4.69) is 23.7 Å². The average molecular weight is 516 g/mol. The maximum atomic E-state index is 14.0. The van der Waals surface area contributed by atoms with Crippen molar-refractivity contribution in [2.45, 2.75) is 59.5 Å². The van der Waals surface area contributed by atoms with Gasteiger partial charge in [-0.25, -0.2) is 4.98 Å². The number of phenols is 2. The van der Waals surface area contributed by atoms with E-state index in [-0.39, 0.29) is 52.1 Å². The fourth-order valence-corrected chi connectivity index (χ4v) is 5.46. The van der Waals surface area contributed by atoms with Gasteiger partial charge >= 0.3 is 0 Å². The number of ether oxygens (including phenoxy) is 1. The summed E-state index contributed by atoms with van der Waals surface area (Å²) in [5.41, 5.74) is 0.544. The fraction of sp³-hybridized carbons (Fsp3) is 0.310. The van der Waals surface area contributed by atoms with Crippen molar-refractivity contribution in [3.05, 3.63) is 69.9 Å². The summed E-state index contributed by atoms with van der Waals surface area (Å²) in [6, 6.07) is 7.94. The molecule has 0 unspecified atom stereocenters. The minimum atomic E-state index is -1.56. The van der Waals surface area contributed by atoms with Crippen molar-refractivity contribution in [1.29, 1.82) is 0 Å². The van der Waals surface area contributed by atoms with E-state index in [1.165, 1.54) is 19.9 Å². The zero-order valence-corrected chi connectivity index (χ0v) is 22.1. The van der Waals surface area contributed by atoms with E-state index in [0.29, 0.717) is 5.70 Å². The zero-order valence-electron chi connectivity index (χ0n) is 22.1. The molecule has 5 rings (SSSR count). The predicted octanol–water partition coefficient (Wildman–Crippen LogP) is 4.29. The highest BCUT2D eigenvalue weighted by atomic mass is 16.5. The maximum absolute atomic E-state index is 14.0. The van der Waals surface area contributed by atoms with Crippen LogP contribution in [0.15, 0.2) is 47.4 Å². The quantitative estimate of drug-likeness (QED) is 0.261. The van der Waals surface area contributed by atoms with Crippen LogP contribution in [-0.4, -0.2) is 37.1 Å². The average Bonchev–Trinajstić information content (AvgIpc) is 3.37. The van der Waals surface area contributed by atoms with Crippen LogP contribution in [0, 0.1) is 6.92 Å². The topological polar surface area (TPSA) is 131 Å². The number of rotatable bonds is 5. The molecule has 1 aliphatic heterocycles. The Bertz CT molecular complexity index is 1640. The molecule has 0 radical (unpaired) electrons. The normalized spacial score (nSPS) is 19.8. The Kier molecular flexibility index (Phi) is 5.70. The van der Waals surface area contributed by atoms with E-state index in [9.17, 15) is 24.6 Å². The molecule has 38 heavy (non-hydrogen) atoms. The molecule has 3 aromatic rings. The van der Waals surface area contributed by atoms with Gasteiger partial charge in [0.2, 0.25) is 0 Å². The number of para-hydroxylation sites is 2. The van der Waals surface area contributed by atoms with E-state index >= 15 is 0 Å². The standard InChI is InChI=1S/C29H29N3O6/c1-13(2)32-18-10-8-7-9-17(18)31-21(32)12-30-15(4)22-19(34)11-20-29(6,28(22)37)24-26(36)14(3)25(35)23(16(5)33)27(24)38-20/h7-11,13,30,35-36H,12H2,1-6H3/b22-15+/t29-/m0/s1. The number of Topliss-reactive ketones (excluding diaryl/α,β-unsaturated/α-hetero) is 2. The lowest BCUT2D eigenvalue weighted by atomic mass is 9.70. The first-order valence-electron chi connectivity index (χ1n) is 12.4. The number of benzene rings is 2. The molecule has 9 heteroatoms. The number of fused-ring (bicyclic) bond motifs is 4. The molecule has 0 bridgehead atoms. The van der Waals surface area contributed by atoms with Gasteiger partial charge in [0.15, 0.2) is 17.3 Å². The van der Waals surface area contributed by atoms with Gasteiger partial charge in [-0.05, 0) is 53.7 Å². The van der Waals surface area contributed by atoms with Crippen LogP contribution in [0.2, 0.25) is 0 Å². The Morgan fingerprint density at radius 1 is 1.16 bits per heavy atom. The number of phenolic OH excluding ortho intramolecular Hbond substituents is 2. The monoisotopic (exact) mass is 515 g/mol. The summed E-state index contributed by atoms with van der Waals surface area (Å²) < 4.78 is 7.92. The summed E-state index contributed by atoms with van der Waals surface area (Å²) in [5, 5.41) is 24.7. The molecule has 0 fully saturated rings. The number of nitrogens with one attached hydrogen (secondary N) is 1. The smallest absolute Gasteiger partial charge is 0.194 e. The third-order valence-corrected chi connectivity index (χ3v) is 7.46. The Morgan fingerprint density at radius 2 is 1.84 bits per heavy atom. The van der Waals surface area contributed by atoms with Gasteiger partial charge in [0.1, 0.15) is 39.8 Å². The SMILES string of the molecule is CC(=O)c1c(O)c(C)c(O)c2c1OC1=CC(=O)/C(=C(/C)NCc3nc4ccccc4n3C(C)C)C(=O)[C@@]12C. The highest BCUT2D eigenvalue weighted by Crippen LogP contribution is 2.57. The molecule has 3 N–H and O–H groups in total. The first kappa shape index (κ1) is 25.3. The predicted molar refractivity (Wildman–Crippen MR) is 140 cm³/mol. The van der Waals surface area contributed by atoms with Gasteiger partial charge in [0.25, 0.3) is 0 Å². The second-order valence-electron chi connectivity index (χ2n) is 10.2. The molecule has 1 atom stereocenters. The van der Waals surface area contributed by atoms with E-state index in [1.807, 2.05) is 24.3 Å². The third kappa shape index (κ3) is 3.38. The summed E-state index contributed by atoms with van der Waals surface area (Å²) >= 11 is 0. The number of aromatic nitrogens is 2. The van der Waals surface area contributed by atoms with E-state index in [1.54, 1.807) is 13.8 Å². The zero-order chi connectivity index (χ0) is 27.7. The van der Waals surface area contributed by atoms with Crippen molar-refractivity contribution in [1.82, 2.24) is 14.9 Å². The van der Waals surface area contributed by atoms with Crippen molar-refractivity contribution in [3.8, 4) is 17.2 Å².